The van der Waals surface area contributed by atoms with Gasteiger partial charge in [-0.05, 0) is 31.9 Å². The first-order valence-corrected chi connectivity index (χ1v) is 7.24. The fourth-order valence-corrected chi connectivity index (χ4v) is 0.891. The van der Waals surface area contributed by atoms with Crippen LogP contribution in [0.4, 0.5) is 0 Å². The van der Waals surface area contributed by atoms with Gasteiger partial charge in [0.05, 0.1) is 0 Å². The smallest absolute Gasteiger partial charge is 0.0395 e. The van der Waals surface area contributed by atoms with Gasteiger partial charge in [0.25, 0.3) is 0 Å². The van der Waals surface area contributed by atoms with E-state index in [9.17, 15) is 0 Å². The van der Waals surface area contributed by atoms with Crippen LogP contribution in [-0.2, 0) is 0 Å². The molecule has 0 aromatic heterocycles. The molecule has 0 N–H and O–H groups in total. The van der Waals surface area contributed by atoms with E-state index in [0.29, 0.717) is 0 Å². The number of aryl methyl sites for hydroxylation is 3. The minimum atomic E-state index is 1.35. The largest absolute Gasteiger partial charge is 0.0683 e. The second-order valence-corrected chi connectivity index (χ2v) is 2.59. The van der Waals surface area contributed by atoms with Gasteiger partial charge in [0.2, 0.25) is 0 Å². The Balaban J connectivity index is -0.0000000905. The Kier molecular flexibility index (Phi) is 36.2. The van der Waals surface area contributed by atoms with Crippen LogP contribution in [0.1, 0.15) is 72.1 Å². The lowest BCUT2D eigenvalue weighted by Gasteiger charge is -1.98. The summed E-state index contributed by atoms with van der Waals surface area (Å²) >= 11 is 0. The van der Waals surface area contributed by atoms with Crippen LogP contribution in [-0.4, -0.2) is 0 Å². The van der Waals surface area contributed by atoms with Crippen molar-refractivity contribution in [3.63, 3.8) is 0 Å². The summed E-state index contributed by atoms with van der Waals surface area (Å²) in [5, 5.41) is 0. The average Bonchev–Trinajstić information content (AvgIpc) is 2.43. The molecule has 0 atom stereocenters. The molecular weight excluding hydrogens is 204 g/mol. The van der Waals surface area contributed by atoms with Gasteiger partial charge in [0, 0.05) is 0 Å². The van der Waals surface area contributed by atoms with Crippen LogP contribution in [0.15, 0.2) is 18.2 Å². The molecule has 17 heavy (non-hydrogen) atoms. The van der Waals surface area contributed by atoms with E-state index in [4.69, 9.17) is 0 Å². The molecule has 104 valence electrons. The molecule has 0 aliphatic carbocycles. The van der Waals surface area contributed by atoms with Crippen molar-refractivity contribution < 1.29 is 0 Å². The lowest BCUT2D eigenvalue weighted by atomic mass is 10.1. The van der Waals surface area contributed by atoms with Crippen molar-refractivity contribution in [1.82, 2.24) is 0 Å². The SMILES string of the molecule is CC.CC.CC.CC.Cc1ccc(C)c(C)c1. The molecule has 0 radical (unpaired) electrons. The summed E-state index contributed by atoms with van der Waals surface area (Å²) in [5.41, 5.74) is 4.11. The summed E-state index contributed by atoms with van der Waals surface area (Å²) in [7, 11) is 0. The fraction of sp³-hybridized carbons (Fsp3) is 0.647. The highest BCUT2D eigenvalue weighted by Crippen LogP contribution is 2.07. The summed E-state index contributed by atoms with van der Waals surface area (Å²) in [6.45, 7) is 22.4. The van der Waals surface area contributed by atoms with Gasteiger partial charge in [-0.3, -0.25) is 0 Å². The van der Waals surface area contributed by atoms with Crippen molar-refractivity contribution in [2.45, 2.75) is 76.2 Å². The van der Waals surface area contributed by atoms with Crippen LogP contribution in [0, 0.1) is 20.8 Å². The van der Waals surface area contributed by atoms with Crippen molar-refractivity contribution >= 4 is 0 Å². The molecule has 0 nitrogen and oxygen atoms in total. The van der Waals surface area contributed by atoms with Crippen molar-refractivity contribution in [2.75, 3.05) is 0 Å². The van der Waals surface area contributed by atoms with Gasteiger partial charge < -0.3 is 0 Å². The lowest BCUT2D eigenvalue weighted by Crippen LogP contribution is -1.79. The zero-order chi connectivity index (χ0) is 14.9. The Morgan fingerprint density at radius 1 is 0.529 bits per heavy atom. The van der Waals surface area contributed by atoms with E-state index in [1.54, 1.807) is 0 Å². The summed E-state index contributed by atoms with van der Waals surface area (Å²) in [4.78, 5) is 0. The zero-order valence-electron chi connectivity index (χ0n) is 14.2. The van der Waals surface area contributed by atoms with Crippen molar-refractivity contribution in [2.24, 2.45) is 0 Å². The predicted molar refractivity (Wildman–Crippen MR) is 86.0 cm³/mol. The summed E-state index contributed by atoms with van der Waals surface area (Å²) in [5.74, 6) is 0. The normalized spacial score (nSPS) is 6.53. The van der Waals surface area contributed by atoms with Crippen LogP contribution >= 0.6 is 0 Å². The molecule has 0 saturated heterocycles. The maximum Gasteiger partial charge on any atom is -0.0395 e. The molecule has 0 aliphatic rings. The Morgan fingerprint density at radius 3 is 1.12 bits per heavy atom. The second kappa shape index (κ2) is 24.4. The third-order valence-corrected chi connectivity index (χ3v) is 1.66. The molecule has 0 fully saturated rings. The standard InChI is InChI=1S/C9H12.4C2H6/c1-7-4-5-8(2)9(3)6-7;4*1-2/h4-6H,1-3H3;4*1-2H3. The first kappa shape index (κ1) is 25.2. The van der Waals surface area contributed by atoms with E-state index in [1.165, 1.54) is 16.7 Å². The highest BCUT2D eigenvalue weighted by molar-refractivity contribution is 5.28. The van der Waals surface area contributed by atoms with Gasteiger partial charge in [-0.25, -0.2) is 0 Å². The molecule has 1 aromatic rings. The van der Waals surface area contributed by atoms with Crippen LogP contribution < -0.4 is 0 Å². The lowest BCUT2D eigenvalue weighted by molar-refractivity contribution is 1.30. The van der Waals surface area contributed by atoms with Gasteiger partial charge in [0.1, 0.15) is 0 Å². The fourth-order valence-electron chi connectivity index (χ4n) is 0.891. The highest BCUT2D eigenvalue weighted by atomic mass is 13.9. The summed E-state index contributed by atoms with van der Waals surface area (Å²) in [6.07, 6.45) is 0. The maximum absolute atomic E-state index is 2.20. The molecule has 0 saturated carbocycles. The predicted octanol–water partition coefficient (Wildman–Crippen LogP) is 6.72. The molecule has 0 aliphatic heterocycles. The van der Waals surface area contributed by atoms with Crippen molar-refractivity contribution in [3.8, 4) is 0 Å². The molecule has 1 aromatic carbocycles. The van der Waals surface area contributed by atoms with Crippen molar-refractivity contribution in [3.05, 3.63) is 34.9 Å². The highest BCUT2D eigenvalue weighted by Gasteiger charge is 1.89. The van der Waals surface area contributed by atoms with Crippen LogP contribution in [0.2, 0.25) is 0 Å². The average molecular weight is 240 g/mol. The third kappa shape index (κ3) is 17.8. The van der Waals surface area contributed by atoms with E-state index in [0.717, 1.165) is 0 Å². The van der Waals surface area contributed by atoms with E-state index < -0.39 is 0 Å². The zero-order valence-corrected chi connectivity index (χ0v) is 14.2. The first-order chi connectivity index (χ1) is 8.20. The molecule has 0 amide bonds. The van der Waals surface area contributed by atoms with Gasteiger partial charge in [-0.1, -0.05) is 79.2 Å². The van der Waals surface area contributed by atoms with E-state index in [1.807, 2.05) is 55.4 Å². The summed E-state index contributed by atoms with van der Waals surface area (Å²) < 4.78 is 0. The summed E-state index contributed by atoms with van der Waals surface area (Å²) in [6, 6.07) is 6.50. The molecule has 0 heterocycles. The number of hydrogen-bond donors (Lipinski definition) is 0. The monoisotopic (exact) mass is 240 g/mol. The van der Waals surface area contributed by atoms with E-state index >= 15 is 0 Å². The topological polar surface area (TPSA) is 0 Å². The quantitative estimate of drug-likeness (QED) is 0.472. The van der Waals surface area contributed by atoms with Crippen molar-refractivity contribution in [1.29, 1.82) is 0 Å². The van der Waals surface area contributed by atoms with Gasteiger partial charge >= 0.3 is 0 Å². The molecule has 0 bridgehead atoms. The number of benzene rings is 1. The van der Waals surface area contributed by atoms with Gasteiger partial charge in [0.15, 0.2) is 0 Å². The van der Waals surface area contributed by atoms with Crippen LogP contribution in [0.25, 0.3) is 0 Å². The van der Waals surface area contributed by atoms with Gasteiger partial charge in [-0.2, -0.15) is 0 Å². The van der Waals surface area contributed by atoms with Crippen LogP contribution in [0.5, 0.6) is 0 Å². The minimum absolute atomic E-state index is 1.35. The molecular formula is C17H36. The molecule has 0 heteroatoms. The third-order valence-electron chi connectivity index (χ3n) is 1.66. The Morgan fingerprint density at radius 2 is 0.882 bits per heavy atom. The maximum atomic E-state index is 2.20. The Hall–Kier alpha value is -0.780. The Labute approximate surface area is 111 Å². The number of hydrogen-bond acceptors (Lipinski definition) is 0. The van der Waals surface area contributed by atoms with Gasteiger partial charge in [-0.15, -0.1) is 0 Å². The molecule has 1 rings (SSSR count). The number of rotatable bonds is 0. The molecule has 0 unspecified atom stereocenters. The van der Waals surface area contributed by atoms with E-state index in [2.05, 4.69) is 39.0 Å². The minimum Gasteiger partial charge on any atom is -0.0683 e. The molecule has 0 spiro atoms. The van der Waals surface area contributed by atoms with E-state index in [-0.39, 0.29) is 0 Å². The Bertz CT molecular complexity index is 211. The van der Waals surface area contributed by atoms with Crippen LogP contribution in [0.3, 0.4) is 0 Å². The first-order valence-electron chi connectivity index (χ1n) is 7.24. The second-order valence-electron chi connectivity index (χ2n) is 2.59.